The first-order valence-electron chi connectivity index (χ1n) is 6.90. The standard InChI is InChI=1S/C15H24FN3/c1-18-8-4-7-15(11-17,12-18)19(2)10-13-5-3-6-14(16)9-13/h3,5-6,9H,4,7-8,10-12,17H2,1-2H3. The van der Waals surface area contributed by atoms with E-state index in [2.05, 4.69) is 23.9 Å². The highest BCUT2D eigenvalue weighted by Crippen LogP contribution is 2.26. The highest BCUT2D eigenvalue weighted by Gasteiger charge is 2.36. The van der Waals surface area contributed by atoms with Gasteiger partial charge >= 0.3 is 0 Å². The molecule has 19 heavy (non-hydrogen) atoms. The molecule has 1 aromatic rings. The molecular weight excluding hydrogens is 241 g/mol. The zero-order chi connectivity index (χ0) is 13.9. The van der Waals surface area contributed by atoms with E-state index < -0.39 is 0 Å². The van der Waals surface area contributed by atoms with Crippen molar-refractivity contribution in [1.82, 2.24) is 9.80 Å². The van der Waals surface area contributed by atoms with Crippen LogP contribution in [-0.2, 0) is 6.54 Å². The Morgan fingerprint density at radius 2 is 2.26 bits per heavy atom. The predicted octanol–water partition coefficient (Wildman–Crippen LogP) is 1.68. The monoisotopic (exact) mass is 265 g/mol. The van der Waals surface area contributed by atoms with Crippen LogP contribution in [0.25, 0.3) is 0 Å². The molecule has 1 unspecified atom stereocenters. The van der Waals surface area contributed by atoms with Gasteiger partial charge < -0.3 is 10.6 Å². The van der Waals surface area contributed by atoms with Gasteiger partial charge in [-0.3, -0.25) is 4.90 Å². The second kappa shape index (κ2) is 5.99. The van der Waals surface area contributed by atoms with Crippen LogP contribution in [0.5, 0.6) is 0 Å². The third-order valence-corrected chi connectivity index (χ3v) is 4.24. The maximum Gasteiger partial charge on any atom is 0.123 e. The molecule has 2 rings (SSSR count). The Morgan fingerprint density at radius 1 is 1.47 bits per heavy atom. The summed E-state index contributed by atoms with van der Waals surface area (Å²) in [6.45, 7) is 3.50. The Morgan fingerprint density at radius 3 is 2.89 bits per heavy atom. The molecule has 0 amide bonds. The van der Waals surface area contributed by atoms with E-state index in [9.17, 15) is 4.39 Å². The molecule has 1 heterocycles. The van der Waals surface area contributed by atoms with Gasteiger partial charge in [-0.25, -0.2) is 4.39 Å². The second-order valence-corrected chi connectivity index (χ2v) is 5.76. The number of likely N-dealkylation sites (tertiary alicyclic amines) is 1. The normalized spacial score (nSPS) is 24.9. The number of nitrogens with zero attached hydrogens (tertiary/aromatic N) is 2. The van der Waals surface area contributed by atoms with Crippen LogP contribution in [0.1, 0.15) is 18.4 Å². The molecule has 4 heteroatoms. The average Bonchev–Trinajstić information content (AvgIpc) is 2.38. The van der Waals surface area contributed by atoms with Gasteiger partial charge in [-0.15, -0.1) is 0 Å². The Bertz CT molecular complexity index is 424. The lowest BCUT2D eigenvalue weighted by molar-refractivity contribution is 0.0396. The van der Waals surface area contributed by atoms with Crippen LogP contribution < -0.4 is 5.73 Å². The van der Waals surface area contributed by atoms with E-state index in [0.29, 0.717) is 6.54 Å². The van der Waals surface area contributed by atoms with Gasteiger partial charge in [0.25, 0.3) is 0 Å². The smallest absolute Gasteiger partial charge is 0.123 e. The Kier molecular flexibility index (Phi) is 4.55. The van der Waals surface area contributed by atoms with Crippen LogP contribution >= 0.6 is 0 Å². The fraction of sp³-hybridized carbons (Fsp3) is 0.600. The van der Waals surface area contributed by atoms with E-state index in [1.807, 2.05) is 6.07 Å². The number of likely N-dealkylation sites (N-methyl/N-ethyl adjacent to an activating group) is 2. The maximum absolute atomic E-state index is 13.2. The summed E-state index contributed by atoms with van der Waals surface area (Å²) in [6.07, 6.45) is 2.28. The summed E-state index contributed by atoms with van der Waals surface area (Å²) in [4.78, 5) is 4.62. The van der Waals surface area contributed by atoms with Crippen LogP contribution in [0.15, 0.2) is 24.3 Å². The number of hydrogen-bond acceptors (Lipinski definition) is 3. The van der Waals surface area contributed by atoms with Crippen molar-refractivity contribution < 1.29 is 4.39 Å². The molecule has 0 spiro atoms. The molecule has 1 aliphatic rings. The Balaban J connectivity index is 2.10. The van der Waals surface area contributed by atoms with E-state index in [1.165, 1.54) is 12.5 Å². The van der Waals surface area contributed by atoms with Crippen molar-refractivity contribution >= 4 is 0 Å². The predicted molar refractivity (Wildman–Crippen MR) is 76.4 cm³/mol. The minimum atomic E-state index is -0.173. The fourth-order valence-electron chi connectivity index (χ4n) is 3.05. The Labute approximate surface area is 115 Å². The highest BCUT2D eigenvalue weighted by molar-refractivity contribution is 5.16. The molecule has 1 saturated heterocycles. The summed E-state index contributed by atoms with van der Waals surface area (Å²) in [6, 6.07) is 6.82. The second-order valence-electron chi connectivity index (χ2n) is 5.76. The molecule has 0 aliphatic carbocycles. The fourth-order valence-corrected chi connectivity index (χ4v) is 3.05. The SMILES string of the molecule is CN1CCCC(CN)(N(C)Cc2cccc(F)c2)C1. The van der Waals surface area contributed by atoms with E-state index in [0.717, 1.165) is 31.6 Å². The van der Waals surface area contributed by atoms with Crippen molar-refractivity contribution in [3.63, 3.8) is 0 Å². The molecule has 3 nitrogen and oxygen atoms in total. The molecule has 1 aliphatic heterocycles. The van der Waals surface area contributed by atoms with Gasteiger partial charge in [-0.1, -0.05) is 12.1 Å². The third-order valence-electron chi connectivity index (χ3n) is 4.24. The lowest BCUT2D eigenvalue weighted by Gasteiger charge is -2.47. The van der Waals surface area contributed by atoms with Gasteiger partial charge in [0.2, 0.25) is 0 Å². The lowest BCUT2D eigenvalue weighted by Crippen LogP contribution is -2.60. The van der Waals surface area contributed by atoms with Gasteiger partial charge in [0.15, 0.2) is 0 Å². The molecule has 0 saturated carbocycles. The van der Waals surface area contributed by atoms with Gasteiger partial charge in [-0.05, 0) is 51.2 Å². The number of halogens is 1. The van der Waals surface area contributed by atoms with Crippen molar-refractivity contribution in [2.24, 2.45) is 5.73 Å². The molecule has 2 N–H and O–H groups in total. The number of nitrogens with two attached hydrogens (primary N) is 1. The van der Waals surface area contributed by atoms with Crippen LogP contribution in [0.3, 0.4) is 0 Å². The molecule has 1 atom stereocenters. The quantitative estimate of drug-likeness (QED) is 0.899. The van der Waals surface area contributed by atoms with Crippen molar-refractivity contribution in [3.05, 3.63) is 35.6 Å². The van der Waals surface area contributed by atoms with Crippen molar-refractivity contribution in [3.8, 4) is 0 Å². The van der Waals surface area contributed by atoms with Gasteiger partial charge in [0.05, 0.1) is 0 Å². The third kappa shape index (κ3) is 3.32. The van der Waals surface area contributed by atoms with E-state index >= 15 is 0 Å². The molecular formula is C15H24FN3. The summed E-state index contributed by atoms with van der Waals surface area (Å²) in [5, 5.41) is 0. The van der Waals surface area contributed by atoms with E-state index in [1.54, 1.807) is 12.1 Å². The van der Waals surface area contributed by atoms with Crippen molar-refractivity contribution in [2.45, 2.75) is 24.9 Å². The number of hydrogen-bond donors (Lipinski definition) is 1. The van der Waals surface area contributed by atoms with Gasteiger partial charge in [-0.2, -0.15) is 0 Å². The summed E-state index contributed by atoms with van der Waals surface area (Å²) in [5.74, 6) is -0.173. The largest absolute Gasteiger partial charge is 0.329 e. The van der Waals surface area contributed by atoms with Crippen LogP contribution in [0.2, 0.25) is 0 Å². The van der Waals surface area contributed by atoms with Crippen LogP contribution in [-0.4, -0.2) is 49.1 Å². The van der Waals surface area contributed by atoms with Gasteiger partial charge in [0, 0.05) is 25.2 Å². The topological polar surface area (TPSA) is 32.5 Å². The summed E-state index contributed by atoms with van der Waals surface area (Å²) >= 11 is 0. The van der Waals surface area contributed by atoms with E-state index in [4.69, 9.17) is 5.73 Å². The van der Waals surface area contributed by atoms with Crippen LogP contribution in [0, 0.1) is 5.82 Å². The highest BCUT2D eigenvalue weighted by atomic mass is 19.1. The lowest BCUT2D eigenvalue weighted by atomic mass is 9.87. The molecule has 106 valence electrons. The van der Waals surface area contributed by atoms with Crippen molar-refractivity contribution in [1.29, 1.82) is 0 Å². The maximum atomic E-state index is 13.2. The van der Waals surface area contributed by atoms with Crippen LogP contribution in [0.4, 0.5) is 4.39 Å². The zero-order valence-corrected chi connectivity index (χ0v) is 11.9. The first-order chi connectivity index (χ1) is 9.05. The van der Waals surface area contributed by atoms with Crippen molar-refractivity contribution in [2.75, 3.05) is 33.7 Å². The molecule has 0 radical (unpaired) electrons. The minimum absolute atomic E-state index is 0.0132. The average molecular weight is 265 g/mol. The van der Waals surface area contributed by atoms with E-state index in [-0.39, 0.29) is 11.4 Å². The first-order valence-corrected chi connectivity index (χ1v) is 6.90. The summed E-state index contributed by atoms with van der Waals surface area (Å²) < 4.78 is 13.2. The first kappa shape index (κ1) is 14.4. The summed E-state index contributed by atoms with van der Waals surface area (Å²) in [7, 11) is 4.23. The Hall–Kier alpha value is -0.970. The number of benzene rings is 1. The molecule has 0 bridgehead atoms. The molecule has 0 aromatic heterocycles. The minimum Gasteiger partial charge on any atom is -0.329 e. The summed E-state index contributed by atoms with van der Waals surface area (Å²) in [5.41, 5.74) is 7.06. The van der Waals surface area contributed by atoms with Gasteiger partial charge in [0.1, 0.15) is 5.82 Å². The number of piperidine rings is 1. The zero-order valence-electron chi connectivity index (χ0n) is 11.9. The number of rotatable bonds is 4. The molecule has 1 aromatic carbocycles. The molecule has 1 fully saturated rings.